The van der Waals surface area contributed by atoms with Crippen molar-refractivity contribution in [2.75, 3.05) is 7.11 Å². The zero-order valence-electron chi connectivity index (χ0n) is 16.7. The fourth-order valence-electron chi connectivity index (χ4n) is 5.40. The van der Waals surface area contributed by atoms with Crippen molar-refractivity contribution in [3.8, 4) is 0 Å². The third kappa shape index (κ3) is 4.72. The van der Waals surface area contributed by atoms with E-state index in [1.165, 1.54) is 45.3 Å². The molecule has 0 saturated heterocycles. The zero-order chi connectivity index (χ0) is 20.9. The standard InChI is InChI=1S/C15H22O2.C7H8O4/c1-3-14(16)17-15(4-2)12-6-10-5-11(8-12)9-13(15)7-10;1-5(7(10)11-2)3-4-6(8)9/h3,10-13H,1,4-9H2,2H3;3-4H,1H2,2H3,(H,8,9). The number of rotatable bonds is 6. The summed E-state index contributed by atoms with van der Waals surface area (Å²) in [4.78, 5) is 32.1. The second kappa shape index (κ2) is 9.22. The van der Waals surface area contributed by atoms with E-state index in [0.29, 0.717) is 11.8 Å². The fraction of sp³-hybridized carbons (Fsp3) is 0.591. The number of carboxylic acids is 1. The van der Waals surface area contributed by atoms with Crippen molar-refractivity contribution in [3.05, 3.63) is 37.0 Å². The Bertz CT molecular complexity index is 647. The van der Waals surface area contributed by atoms with Gasteiger partial charge in [0.15, 0.2) is 0 Å². The normalized spacial score (nSPS) is 32.2. The quantitative estimate of drug-likeness (QED) is 0.423. The Balaban J connectivity index is 0.000000224. The van der Waals surface area contributed by atoms with Crippen LogP contribution in [0.3, 0.4) is 0 Å². The number of hydrogen-bond acceptors (Lipinski definition) is 5. The minimum Gasteiger partial charge on any atom is -0.478 e. The first-order valence-corrected chi connectivity index (χ1v) is 9.79. The second-order valence-electron chi connectivity index (χ2n) is 7.93. The molecule has 0 aliphatic heterocycles. The highest BCUT2D eigenvalue weighted by molar-refractivity contribution is 5.92. The van der Waals surface area contributed by atoms with Crippen molar-refractivity contribution in [1.29, 1.82) is 0 Å². The Hall–Kier alpha value is -2.37. The third-order valence-electron chi connectivity index (χ3n) is 6.40. The summed E-state index contributed by atoms with van der Waals surface area (Å²) >= 11 is 0. The maximum absolute atomic E-state index is 11.6. The molecule has 0 unspecified atom stereocenters. The molecule has 4 aliphatic carbocycles. The molecule has 4 fully saturated rings. The first-order valence-electron chi connectivity index (χ1n) is 9.79. The van der Waals surface area contributed by atoms with Crippen LogP contribution < -0.4 is 0 Å². The van der Waals surface area contributed by atoms with Gasteiger partial charge in [-0.1, -0.05) is 20.1 Å². The molecule has 0 aromatic carbocycles. The van der Waals surface area contributed by atoms with Gasteiger partial charge in [-0.25, -0.2) is 14.4 Å². The predicted octanol–water partition coefficient (Wildman–Crippen LogP) is 3.68. The van der Waals surface area contributed by atoms with Crippen LogP contribution in [0.1, 0.15) is 45.4 Å². The molecule has 6 nitrogen and oxygen atoms in total. The van der Waals surface area contributed by atoms with Gasteiger partial charge in [-0.2, -0.15) is 0 Å². The maximum atomic E-state index is 11.6. The number of carbonyl (C=O) groups is 3. The molecule has 4 aliphatic rings. The van der Waals surface area contributed by atoms with Gasteiger partial charge in [-0.05, 0) is 68.3 Å². The lowest BCUT2D eigenvalue weighted by atomic mass is 9.49. The van der Waals surface area contributed by atoms with Crippen molar-refractivity contribution in [2.45, 2.75) is 51.0 Å². The molecule has 4 saturated carbocycles. The molecule has 0 amide bonds. The second-order valence-corrected chi connectivity index (χ2v) is 7.93. The van der Waals surface area contributed by atoms with Gasteiger partial charge in [0.25, 0.3) is 0 Å². The van der Waals surface area contributed by atoms with Gasteiger partial charge in [0.2, 0.25) is 0 Å². The van der Waals surface area contributed by atoms with Crippen LogP contribution in [0, 0.1) is 23.7 Å². The minimum absolute atomic E-state index is 0.00917. The lowest BCUT2D eigenvalue weighted by molar-refractivity contribution is -0.206. The van der Waals surface area contributed by atoms with Gasteiger partial charge in [-0.3, -0.25) is 0 Å². The Morgan fingerprint density at radius 1 is 1.07 bits per heavy atom. The van der Waals surface area contributed by atoms with Gasteiger partial charge in [0.1, 0.15) is 5.60 Å². The van der Waals surface area contributed by atoms with E-state index < -0.39 is 11.9 Å². The first-order chi connectivity index (χ1) is 13.2. The predicted molar refractivity (Wildman–Crippen MR) is 104 cm³/mol. The Morgan fingerprint density at radius 3 is 2.00 bits per heavy atom. The van der Waals surface area contributed by atoms with Crippen molar-refractivity contribution in [3.63, 3.8) is 0 Å². The van der Waals surface area contributed by atoms with Gasteiger partial charge < -0.3 is 14.6 Å². The number of esters is 2. The zero-order valence-corrected chi connectivity index (χ0v) is 16.7. The van der Waals surface area contributed by atoms with Crippen LogP contribution in [0.4, 0.5) is 0 Å². The summed E-state index contributed by atoms with van der Waals surface area (Å²) in [5, 5.41) is 8.14. The summed E-state index contributed by atoms with van der Waals surface area (Å²) in [6.45, 7) is 8.99. The largest absolute Gasteiger partial charge is 0.478 e. The van der Waals surface area contributed by atoms with Crippen LogP contribution in [-0.4, -0.2) is 35.7 Å². The average Bonchev–Trinajstić information content (AvgIpc) is 2.68. The highest BCUT2D eigenvalue weighted by Gasteiger charge is 2.58. The van der Waals surface area contributed by atoms with Crippen LogP contribution in [-0.2, 0) is 23.9 Å². The monoisotopic (exact) mass is 390 g/mol. The molecule has 1 N–H and O–H groups in total. The molecule has 0 spiro atoms. The van der Waals surface area contributed by atoms with E-state index >= 15 is 0 Å². The molecular formula is C22H30O6. The molecule has 154 valence electrons. The average molecular weight is 390 g/mol. The van der Waals surface area contributed by atoms with Crippen LogP contribution in [0.2, 0.25) is 0 Å². The molecule has 4 rings (SSSR count). The molecule has 0 atom stereocenters. The molecular weight excluding hydrogens is 360 g/mol. The van der Waals surface area contributed by atoms with E-state index in [1.807, 2.05) is 0 Å². The number of methoxy groups -OCH3 is 1. The highest BCUT2D eigenvalue weighted by atomic mass is 16.6. The summed E-state index contributed by atoms with van der Waals surface area (Å²) in [7, 11) is 1.20. The van der Waals surface area contributed by atoms with Crippen LogP contribution in [0.25, 0.3) is 0 Å². The van der Waals surface area contributed by atoms with Crippen molar-refractivity contribution in [1.82, 2.24) is 0 Å². The number of carboxylic acid groups (broad SMARTS) is 1. The number of carbonyl (C=O) groups excluding carboxylic acids is 2. The topological polar surface area (TPSA) is 89.9 Å². The van der Waals surface area contributed by atoms with Gasteiger partial charge in [-0.15, -0.1) is 0 Å². The third-order valence-corrected chi connectivity index (χ3v) is 6.40. The molecule has 6 heteroatoms. The summed E-state index contributed by atoms with van der Waals surface area (Å²) in [5.74, 6) is 1.08. The minimum atomic E-state index is -1.13. The Kier molecular flexibility index (Phi) is 7.22. The van der Waals surface area contributed by atoms with Crippen LogP contribution in [0.5, 0.6) is 0 Å². The van der Waals surface area contributed by atoms with E-state index in [2.05, 4.69) is 24.8 Å². The van der Waals surface area contributed by atoms with E-state index in [1.54, 1.807) is 0 Å². The van der Waals surface area contributed by atoms with Crippen molar-refractivity contribution >= 4 is 17.9 Å². The van der Waals surface area contributed by atoms with Crippen LogP contribution >= 0.6 is 0 Å². The van der Waals surface area contributed by atoms with Crippen molar-refractivity contribution < 1.29 is 29.0 Å². The summed E-state index contributed by atoms with van der Waals surface area (Å²) < 4.78 is 10.1. The molecule has 0 heterocycles. The fourth-order valence-corrected chi connectivity index (χ4v) is 5.40. The smallest absolute Gasteiger partial charge is 0.337 e. The lowest BCUT2D eigenvalue weighted by Crippen LogP contribution is -2.59. The highest BCUT2D eigenvalue weighted by Crippen LogP contribution is 2.60. The molecule has 0 aromatic rings. The molecule has 0 aromatic heterocycles. The lowest BCUT2D eigenvalue weighted by Gasteiger charge is -2.60. The summed E-state index contributed by atoms with van der Waals surface area (Å²) in [5.41, 5.74) is -0.145. The molecule has 0 radical (unpaired) electrons. The Morgan fingerprint density at radius 2 is 1.61 bits per heavy atom. The van der Waals surface area contributed by atoms with Crippen molar-refractivity contribution in [2.24, 2.45) is 23.7 Å². The number of ether oxygens (including phenoxy) is 2. The molecule has 28 heavy (non-hydrogen) atoms. The van der Waals surface area contributed by atoms with E-state index in [-0.39, 0.29) is 17.1 Å². The Labute approximate surface area is 166 Å². The number of aliphatic carboxylic acids is 1. The van der Waals surface area contributed by atoms with Crippen LogP contribution in [0.15, 0.2) is 37.0 Å². The van der Waals surface area contributed by atoms with Gasteiger partial charge in [0, 0.05) is 12.2 Å². The summed E-state index contributed by atoms with van der Waals surface area (Å²) in [6, 6.07) is 0. The number of hydrogen-bond donors (Lipinski definition) is 1. The van der Waals surface area contributed by atoms with E-state index in [0.717, 1.165) is 30.4 Å². The SMILES string of the molecule is C=C(C=CC(=O)O)C(=O)OC.C=CC(=O)OC1(CC)C2CC3CC(C2)CC1C3. The van der Waals surface area contributed by atoms with E-state index in [4.69, 9.17) is 9.84 Å². The van der Waals surface area contributed by atoms with E-state index in [9.17, 15) is 14.4 Å². The van der Waals surface area contributed by atoms with Gasteiger partial charge in [0.05, 0.1) is 12.7 Å². The molecule has 4 bridgehead atoms. The maximum Gasteiger partial charge on any atom is 0.337 e. The first kappa shape index (κ1) is 21.9. The summed E-state index contributed by atoms with van der Waals surface area (Å²) in [6.07, 6.45) is 10.8. The van der Waals surface area contributed by atoms with Gasteiger partial charge >= 0.3 is 17.9 Å².